The highest BCUT2D eigenvalue weighted by Gasteiger charge is 2.33. The Hall–Kier alpha value is -3.00. The Morgan fingerprint density at radius 3 is 2.53 bits per heavy atom. The maximum atomic E-state index is 13.3. The van der Waals surface area contributed by atoms with Gasteiger partial charge in [0.1, 0.15) is 5.82 Å². The molecule has 2 heterocycles. The minimum absolute atomic E-state index is 0.250. The molecule has 0 spiro atoms. The first-order valence-electron chi connectivity index (χ1n) is 9.70. The molecule has 8 heteroatoms. The number of benzene rings is 3. The minimum Gasteiger partial charge on any atom is -0.267 e. The molecule has 1 aliphatic heterocycles. The third kappa shape index (κ3) is 4.32. The van der Waals surface area contributed by atoms with Crippen molar-refractivity contribution in [1.29, 1.82) is 0 Å². The monoisotopic (exact) mass is 479 g/mol. The van der Waals surface area contributed by atoms with Gasteiger partial charge in [-0.05, 0) is 60.2 Å². The molecule has 0 aliphatic carbocycles. The molecule has 0 saturated heterocycles. The Morgan fingerprint density at radius 2 is 1.78 bits per heavy atom. The van der Waals surface area contributed by atoms with Crippen molar-refractivity contribution in [3.63, 3.8) is 0 Å². The Morgan fingerprint density at radius 1 is 1.03 bits per heavy atom. The van der Waals surface area contributed by atoms with Crippen molar-refractivity contribution in [3.05, 3.63) is 94.8 Å². The van der Waals surface area contributed by atoms with Gasteiger partial charge in [0, 0.05) is 15.7 Å². The van der Waals surface area contributed by atoms with Gasteiger partial charge >= 0.3 is 0 Å². The summed E-state index contributed by atoms with van der Waals surface area (Å²) in [6.45, 7) is 0. The number of hydrazone groups is 1. The van der Waals surface area contributed by atoms with E-state index in [1.807, 2.05) is 48.5 Å². The van der Waals surface area contributed by atoms with Gasteiger partial charge in [-0.3, -0.25) is 4.79 Å². The molecular formula is C24H15ClFN3OS2. The number of carbonyl (C=O) groups excluding carboxylic acids is 1. The van der Waals surface area contributed by atoms with E-state index in [-0.39, 0.29) is 11.7 Å². The summed E-state index contributed by atoms with van der Waals surface area (Å²) in [5, 5.41) is 7.17. The summed E-state index contributed by atoms with van der Waals surface area (Å²) in [6, 6.07) is 21.3. The number of anilines is 1. The van der Waals surface area contributed by atoms with Gasteiger partial charge < -0.3 is 0 Å². The van der Waals surface area contributed by atoms with E-state index < -0.39 is 0 Å². The highest BCUT2D eigenvalue weighted by Crippen LogP contribution is 2.33. The standard InChI is InChI=1S/C24H15ClFN3OS2/c25-16-7-11-18(12-8-16)31-14-21-19(13-15-5-9-17(26)10-6-15)23(30)29(28-21)24-27-20-3-1-2-4-22(20)32-24/h1-13H,14H2/b19-13+. The first-order chi connectivity index (χ1) is 15.6. The van der Waals surface area contributed by atoms with E-state index >= 15 is 0 Å². The van der Waals surface area contributed by atoms with Crippen molar-refractivity contribution in [3.8, 4) is 0 Å². The van der Waals surface area contributed by atoms with Crippen molar-refractivity contribution in [2.75, 3.05) is 10.8 Å². The number of rotatable bonds is 5. The lowest BCUT2D eigenvalue weighted by Gasteiger charge is -2.06. The largest absolute Gasteiger partial charge is 0.282 e. The van der Waals surface area contributed by atoms with Crippen LogP contribution in [-0.2, 0) is 4.79 Å². The lowest BCUT2D eigenvalue weighted by atomic mass is 10.1. The molecule has 0 fully saturated rings. The second-order valence-electron chi connectivity index (χ2n) is 6.98. The van der Waals surface area contributed by atoms with Gasteiger partial charge in [-0.25, -0.2) is 9.37 Å². The second kappa shape index (κ2) is 8.86. The predicted molar refractivity (Wildman–Crippen MR) is 131 cm³/mol. The highest BCUT2D eigenvalue weighted by molar-refractivity contribution is 8.00. The van der Waals surface area contributed by atoms with Crippen LogP contribution in [0.1, 0.15) is 5.56 Å². The average molecular weight is 480 g/mol. The van der Waals surface area contributed by atoms with Gasteiger partial charge in [0.2, 0.25) is 5.13 Å². The number of carbonyl (C=O) groups is 1. The Labute approximate surface area is 197 Å². The third-order valence-electron chi connectivity index (χ3n) is 4.79. The number of fused-ring (bicyclic) bond motifs is 1. The molecular weight excluding hydrogens is 465 g/mol. The van der Waals surface area contributed by atoms with Crippen LogP contribution in [0.5, 0.6) is 0 Å². The number of nitrogens with zero attached hydrogens (tertiary/aromatic N) is 3. The molecule has 158 valence electrons. The van der Waals surface area contributed by atoms with Crippen LogP contribution in [0.2, 0.25) is 5.02 Å². The fourth-order valence-electron chi connectivity index (χ4n) is 3.20. The molecule has 4 aromatic rings. The summed E-state index contributed by atoms with van der Waals surface area (Å²) in [4.78, 5) is 18.9. The first kappa shape index (κ1) is 20.9. The van der Waals surface area contributed by atoms with Crippen molar-refractivity contribution in [1.82, 2.24) is 4.98 Å². The van der Waals surface area contributed by atoms with Crippen LogP contribution >= 0.6 is 34.7 Å². The number of halogens is 2. The number of hydrogen-bond acceptors (Lipinski definition) is 5. The maximum Gasteiger partial charge on any atom is 0.282 e. The zero-order valence-corrected chi connectivity index (χ0v) is 18.9. The summed E-state index contributed by atoms with van der Waals surface area (Å²) >= 11 is 8.95. The van der Waals surface area contributed by atoms with Crippen LogP contribution < -0.4 is 5.01 Å². The van der Waals surface area contributed by atoms with Crippen molar-refractivity contribution in [2.45, 2.75) is 4.90 Å². The van der Waals surface area contributed by atoms with Crippen LogP contribution in [0.25, 0.3) is 16.3 Å². The third-order valence-corrected chi connectivity index (χ3v) is 7.08. The molecule has 1 aliphatic rings. The molecule has 0 N–H and O–H groups in total. The van der Waals surface area contributed by atoms with Crippen LogP contribution in [0.15, 0.2) is 88.4 Å². The Bertz CT molecular complexity index is 1330. The number of para-hydroxylation sites is 1. The molecule has 3 aromatic carbocycles. The van der Waals surface area contributed by atoms with Gasteiger partial charge in [-0.15, -0.1) is 11.8 Å². The zero-order valence-electron chi connectivity index (χ0n) is 16.5. The topological polar surface area (TPSA) is 45.6 Å². The molecule has 4 nitrogen and oxygen atoms in total. The van der Waals surface area contributed by atoms with Crippen molar-refractivity contribution < 1.29 is 9.18 Å². The quantitative estimate of drug-likeness (QED) is 0.237. The fourth-order valence-corrected chi connectivity index (χ4v) is 5.08. The van der Waals surface area contributed by atoms with E-state index in [0.29, 0.717) is 27.2 Å². The van der Waals surface area contributed by atoms with Gasteiger partial charge in [0.15, 0.2) is 0 Å². The van der Waals surface area contributed by atoms with Crippen LogP contribution in [-0.4, -0.2) is 22.4 Å². The molecule has 32 heavy (non-hydrogen) atoms. The summed E-state index contributed by atoms with van der Waals surface area (Å²) < 4.78 is 14.3. The van der Waals surface area contributed by atoms with Crippen LogP contribution in [0.3, 0.4) is 0 Å². The first-order valence-corrected chi connectivity index (χ1v) is 11.9. The molecule has 0 unspecified atom stereocenters. The minimum atomic E-state index is -0.326. The van der Waals surface area contributed by atoms with E-state index in [4.69, 9.17) is 11.6 Å². The number of thioether (sulfide) groups is 1. The summed E-state index contributed by atoms with van der Waals surface area (Å²) in [6.07, 6.45) is 1.75. The highest BCUT2D eigenvalue weighted by atomic mass is 35.5. The lowest BCUT2D eigenvalue weighted by Crippen LogP contribution is -2.21. The second-order valence-corrected chi connectivity index (χ2v) is 9.47. The summed E-state index contributed by atoms with van der Waals surface area (Å²) in [5.41, 5.74) is 2.66. The number of hydrogen-bond donors (Lipinski definition) is 0. The van der Waals surface area contributed by atoms with E-state index in [0.717, 1.165) is 20.7 Å². The van der Waals surface area contributed by atoms with Gasteiger partial charge in [0.05, 0.1) is 21.5 Å². The SMILES string of the molecule is O=C1/C(=C/c2ccc(F)cc2)C(CSc2ccc(Cl)cc2)=NN1c1nc2ccccc2s1. The molecule has 0 bridgehead atoms. The molecule has 0 radical (unpaired) electrons. The average Bonchev–Trinajstić information content (AvgIpc) is 3.36. The molecule has 0 atom stereocenters. The number of amides is 1. The predicted octanol–water partition coefficient (Wildman–Crippen LogP) is 6.67. The Balaban J connectivity index is 1.49. The Kier molecular flexibility index (Phi) is 5.78. The summed E-state index contributed by atoms with van der Waals surface area (Å²) in [7, 11) is 0. The van der Waals surface area contributed by atoms with E-state index in [9.17, 15) is 9.18 Å². The van der Waals surface area contributed by atoms with E-state index in [2.05, 4.69) is 10.1 Å². The van der Waals surface area contributed by atoms with Gasteiger partial charge in [-0.2, -0.15) is 10.1 Å². The molecule has 1 aromatic heterocycles. The van der Waals surface area contributed by atoms with Crippen LogP contribution in [0, 0.1) is 5.82 Å². The van der Waals surface area contributed by atoms with Crippen molar-refractivity contribution in [2.24, 2.45) is 5.10 Å². The van der Waals surface area contributed by atoms with Gasteiger partial charge in [-0.1, -0.05) is 47.2 Å². The zero-order chi connectivity index (χ0) is 22.1. The van der Waals surface area contributed by atoms with Gasteiger partial charge in [0.25, 0.3) is 5.91 Å². The lowest BCUT2D eigenvalue weighted by molar-refractivity contribution is -0.114. The maximum absolute atomic E-state index is 13.3. The van der Waals surface area contributed by atoms with E-state index in [1.165, 1.54) is 28.5 Å². The molecule has 0 saturated carbocycles. The summed E-state index contributed by atoms with van der Waals surface area (Å²) in [5.74, 6) is -0.0878. The molecule has 1 amide bonds. The fraction of sp³-hybridized carbons (Fsp3) is 0.0417. The van der Waals surface area contributed by atoms with E-state index in [1.54, 1.807) is 30.0 Å². The van der Waals surface area contributed by atoms with Crippen LogP contribution in [0.4, 0.5) is 9.52 Å². The molecule has 5 rings (SSSR count). The smallest absolute Gasteiger partial charge is 0.267 e. The number of thiazole rings is 1. The number of aromatic nitrogens is 1. The van der Waals surface area contributed by atoms with Crippen molar-refractivity contribution >= 4 is 67.7 Å². The normalized spacial score (nSPS) is 15.1.